The van der Waals surface area contributed by atoms with Crippen molar-refractivity contribution >= 4 is 15.9 Å². The summed E-state index contributed by atoms with van der Waals surface area (Å²) in [4.78, 5) is 0. The van der Waals surface area contributed by atoms with Crippen molar-refractivity contribution in [3.63, 3.8) is 0 Å². The molecule has 0 aliphatic rings. The summed E-state index contributed by atoms with van der Waals surface area (Å²) in [5.74, 6) is -1.16. The Balaban J connectivity index is 3.09. The number of hydrogen-bond donors (Lipinski definition) is 3. The summed E-state index contributed by atoms with van der Waals surface area (Å²) in [5, 5.41) is 17.4. The number of phenolic OH excluding ortho intramolecular Hbond substituents is 1. The highest BCUT2D eigenvalue weighted by molar-refractivity contribution is 9.10. The van der Waals surface area contributed by atoms with Crippen molar-refractivity contribution in [2.45, 2.75) is 6.54 Å². The predicted molar refractivity (Wildman–Crippen MR) is 44.4 cm³/mol. The molecule has 12 heavy (non-hydrogen) atoms. The zero-order valence-corrected chi connectivity index (χ0v) is 7.60. The van der Waals surface area contributed by atoms with E-state index in [-0.39, 0.29) is 6.54 Å². The molecule has 0 saturated heterocycles. The van der Waals surface area contributed by atoms with Crippen LogP contribution < -0.4 is 5.48 Å². The second kappa shape index (κ2) is 3.84. The van der Waals surface area contributed by atoms with Crippen LogP contribution in [0.1, 0.15) is 5.56 Å². The fourth-order valence-corrected chi connectivity index (χ4v) is 1.32. The van der Waals surface area contributed by atoms with Gasteiger partial charge in [-0.1, -0.05) is 15.9 Å². The summed E-state index contributed by atoms with van der Waals surface area (Å²) < 4.78 is 13.3. The van der Waals surface area contributed by atoms with Gasteiger partial charge in [0.25, 0.3) is 0 Å². The summed E-state index contributed by atoms with van der Waals surface area (Å²) in [6, 6.07) is 2.66. The quantitative estimate of drug-likeness (QED) is 0.686. The highest BCUT2D eigenvalue weighted by Gasteiger charge is 2.07. The predicted octanol–water partition coefficient (Wildman–Crippen LogP) is 1.77. The molecule has 0 heterocycles. The van der Waals surface area contributed by atoms with E-state index in [0.29, 0.717) is 10.0 Å². The molecular weight excluding hydrogens is 229 g/mol. The Morgan fingerprint density at radius 2 is 2.17 bits per heavy atom. The standard InChI is InChI=1S/C7H7BrFNO2/c8-5-1-4(3-10-12)7(11)6(9)2-5/h1-2,10-12H,3H2. The molecule has 3 nitrogen and oxygen atoms in total. The van der Waals surface area contributed by atoms with Gasteiger partial charge in [0.1, 0.15) is 0 Å². The first kappa shape index (κ1) is 9.44. The lowest BCUT2D eigenvalue weighted by Gasteiger charge is -2.04. The second-order valence-electron chi connectivity index (χ2n) is 2.23. The largest absolute Gasteiger partial charge is 0.505 e. The van der Waals surface area contributed by atoms with Crippen LogP contribution in [0.15, 0.2) is 16.6 Å². The average molecular weight is 236 g/mol. The number of aromatic hydroxyl groups is 1. The lowest BCUT2D eigenvalue weighted by Crippen LogP contribution is -2.06. The Hall–Kier alpha value is -0.650. The van der Waals surface area contributed by atoms with Crippen molar-refractivity contribution in [3.05, 3.63) is 28.0 Å². The number of nitrogens with one attached hydrogen (secondary N) is 1. The van der Waals surface area contributed by atoms with E-state index in [2.05, 4.69) is 15.9 Å². The molecule has 0 spiro atoms. The van der Waals surface area contributed by atoms with Gasteiger partial charge < -0.3 is 10.3 Å². The highest BCUT2D eigenvalue weighted by atomic mass is 79.9. The molecule has 5 heteroatoms. The van der Waals surface area contributed by atoms with Gasteiger partial charge in [0.2, 0.25) is 0 Å². The summed E-state index contributed by atoms with van der Waals surface area (Å²) in [7, 11) is 0. The van der Waals surface area contributed by atoms with Crippen molar-refractivity contribution in [1.82, 2.24) is 5.48 Å². The highest BCUT2D eigenvalue weighted by Crippen LogP contribution is 2.25. The van der Waals surface area contributed by atoms with Crippen LogP contribution in [0.25, 0.3) is 0 Å². The van der Waals surface area contributed by atoms with E-state index in [4.69, 9.17) is 10.3 Å². The van der Waals surface area contributed by atoms with Gasteiger partial charge >= 0.3 is 0 Å². The molecule has 0 radical (unpaired) electrons. The van der Waals surface area contributed by atoms with E-state index in [1.807, 2.05) is 5.48 Å². The van der Waals surface area contributed by atoms with Crippen LogP contribution in [0.2, 0.25) is 0 Å². The van der Waals surface area contributed by atoms with E-state index in [9.17, 15) is 4.39 Å². The molecule has 0 fully saturated rings. The van der Waals surface area contributed by atoms with Crippen LogP contribution >= 0.6 is 15.9 Å². The Labute approximate surface area is 76.9 Å². The number of rotatable bonds is 2. The van der Waals surface area contributed by atoms with Gasteiger partial charge in [-0.05, 0) is 12.1 Å². The zero-order chi connectivity index (χ0) is 9.14. The molecule has 0 aromatic heterocycles. The first-order valence-corrected chi connectivity index (χ1v) is 3.98. The molecule has 66 valence electrons. The normalized spacial score (nSPS) is 10.2. The minimum Gasteiger partial charge on any atom is -0.505 e. The van der Waals surface area contributed by atoms with E-state index in [0.717, 1.165) is 6.07 Å². The molecule has 0 amide bonds. The molecule has 3 N–H and O–H groups in total. The zero-order valence-electron chi connectivity index (χ0n) is 6.01. The van der Waals surface area contributed by atoms with Gasteiger partial charge in [-0.25, -0.2) is 9.87 Å². The van der Waals surface area contributed by atoms with Crippen LogP contribution in [0, 0.1) is 5.82 Å². The first-order valence-electron chi connectivity index (χ1n) is 3.19. The minimum absolute atomic E-state index is 0.00218. The summed E-state index contributed by atoms with van der Waals surface area (Å²) >= 11 is 3.06. The van der Waals surface area contributed by atoms with Crippen LogP contribution in [-0.4, -0.2) is 10.3 Å². The third-order valence-corrected chi connectivity index (χ3v) is 1.83. The third-order valence-electron chi connectivity index (χ3n) is 1.38. The molecule has 0 aliphatic heterocycles. The molecule has 1 rings (SSSR count). The summed E-state index contributed by atoms with van der Waals surface area (Å²) in [6.07, 6.45) is 0. The molecule has 0 saturated carbocycles. The second-order valence-corrected chi connectivity index (χ2v) is 3.15. The molecule has 0 unspecified atom stereocenters. The Morgan fingerprint density at radius 1 is 1.50 bits per heavy atom. The van der Waals surface area contributed by atoms with E-state index < -0.39 is 11.6 Å². The van der Waals surface area contributed by atoms with Crippen LogP contribution in [0.4, 0.5) is 4.39 Å². The molecule has 0 atom stereocenters. The number of benzene rings is 1. The van der Waals surface area contributed by atoms with Gasteiger partial charge in [-0.15, -0.1) is 0 Å². The SMILES string of the molecule is ONCc1cc(Br)cc(F)c1O. The van der Waals surface area contributed by atoms with Gasteiger partial charge in [0, 0.05) is 16.6 Å². The van der Waals surface area contributed by atoms with E-state index >= 15 is 0 Å². The molecular formula is C7H7BrFNO2. The van der Waals surface area contributed by atoms with Crippen LogP contribution in [-0.2, 0) is 6.54 Å². The Morgan fingerprint density at radius 3 is 2.75 bits per heavy atom. The van der Waals surface area contributed by atoms with Crippen molar-refractivity contribution in [1.29, 1.82) is 0 Å². The number of phenols is 1. The monoisotopic (exact) mass is 235 g/mol. The fraction of sp³-hybridized carbons (Fsp3) is 0.143. The lowest BCUT2D eigenvalue weighted by atomic mass is 10.2. The van der Waals surface area contributed by atoms with E-state index in [1.165, 1.54) is 6.07 Å². The Bertz CT molecular complexity index is 293. The van der Waals surface area contributed by atoms with Crippen LogP contribution in [0.3, 0.4) is 0 Å². The number of hydroxylamine groups is 1. The van der Waals surface area contributed by atoms with Crippen molar-refractivity contribution in [3.8, 4) is 5.75 Å². The van der Waals surface area contributed by atoms with Gasteiger partial charge in [-0.2, -0.15) is 0 Å². The number of hydrogen-bond acceptors (Lipinski definition) is 3. The first-order chi connectivity index (χ1) is 5.65. The maximum absolute atomic E-state index is 12.8. The van der Waals surface area contributed by atoms with Crippen molar-refractivity contribution in [2.75, 3.05) is 0 Å². The van der Waals surface area contributed by atoms with Gasteiger partial charge in [0.15, 0.2) is 11.6 Å². The summed E-state index contributed by atoms with van der Waals surface area (Å²) in [5.41, 5.74) is 2.13. The maximum atomic E-state index is 12.8. The minimum atomic E-state index is -0.713. The van der Waals surface area contributed by atoms with Crippen LogP contribution in [0.5, 0.6) is 5.75 Å². The Kier molecular flexibility index (Phi) is 3.02. The maximum Gasteiger partial charge on any atom is 0.166 e. The molecule has 1 aromatic rings. The fourth-order valence-electron chi connectivity index (χ4n) is 0.839. The molecule has 0 bridgehead atoms. The number of halogens is 2. The average Bonchev–Trinajstić information content (AvgIpc) is 2.00. The van der Waals surface area contributed by atoms with Gasteiger partial charge in [-0.3, -0.25) is 0 Å². The van der Waals surface area contributed by atoms with E-state index in [1.54, 1.807) is 0 Å². The van der Waals surface area contributed by atoms with Gasteiger partial charge in [0.05, 0.1) is 0 Å². The lowest BCUT2D eigenvalue weighted by molar-refractivity contribution is 0.160. The molecule has 0 aliphatic carbocycles. The smallest absolute Gasteiger partial charge is 0.166 e. The topological polar surface area (TPSA) is 52.5 Å². The summed E-state index contributed by atoms with van der Waals surface area (Å²) in [6.45, 7) is 0.00218. The third kappa shape index (κ3) is 1.94. The van der Waals surface area contributed by atoms with Crippen molar-refractivity contribution in [2.24, 2.45) is 0 Å². The molecule has 1 aromatic carbocycles. The van der Waals surface area contributed by atoms with Crippen molar-refractivity contribution < 1.29 is 14.7 Å².